The second-order valence-electron chi connectivity index (χ2n) is 4.76. The van der Waals surface area contributed by atoms with Gasteiger partial charge in [-0.15, -0.1) is 0 Å². The summed E-state index contributed by atoms with van der Waals surface area (Å²) < 4.78 is 11.3. The van der Waals surface area contributed by atoms with Crippen molar-refractivity contribution in [1.82, 2.24) is 0 Å². The molecule has 0 aliphatic carbocycles. The predicted molar refractivity (Wildman–Crippen MR) is 97.3 cm³/mol. The molecule has 6 heteroatoms. The molecule has 0 unspecified atom stereocenters. The molecule has 0 heterocycles. The maximum atomic E-state index is 10.7. The molecule has 0 aromatic heterocycles. The Balaban J connectivity index is 2.29. The summed E-state index contributed by atoms with van der Waals surface area (Å²) in [7, 11) is 1.52. The number of halogens is 1. The number of carboxylic acids is 1. The molecule has 2 rings (SSSR count). The molecule has 2 aromatic rings. The summed E-state index contributed by atoms with van der Waals surface area (Å²) in [5, 5.41) is 8.73. The average molecular weight is 425 g/mol. The fourth-order valence-electron chi connectivity index (χ4n) is 1.94. The summed E-state index contributed by atoms with van der Waals surface area (Å²) in [5.41, 5.74) is 2.83. The maximum absolute atomic E-state index is 10.7. The highest BCUT2D eigenvalue weighted by Gasteiger charge is 2.12. The van der Waals surface area contributed by atoms with Gasteiger partial charge in [0, 0.05) is 6.21 Å². The molecule has 0 saturated heterocycles. The second kappa shape index (κ2) is 7.96. The Labute approximate surface area is 148 Å². The van der Waals surface area contributed by atoms with Gasteiger partial charge in [0.05, 0.1) is 16.4 Å². The molecule has 0 radical (unpaired) electrons. The van der Waals surface area contributed by atoms with Gasteiger partial charge in [-0.2, -0.15) is 0 Å². The van der Waals surface area contributed by atoms with Crippen LogP contribution < -0.4 is 9.47 Å². The summed E-state index contributed by atoms with van der Waals surface area (Å²) in [4.78, 5) is 15.1. The zero-order valence-electron chi connectivity index (χ0n) is 12.7. The minimum absolute atomic E-state index is 0.414. The molecule has 2 aromatic carbocycles. The van der Waals surface area contributed by atoms with Crippen LogP contribution in [0.25, 0.3) is 0 Å². The molecule has 120 valence electrons. The minimum atomic E-state index is -1.03. The number of aliphatic carboxylic acids is 1. The number of nitrogens with zero attached hydrogens (tertiary/aromatic N) is 1. The number of aliphatic imine (C=N–C) groups is 1. The Morgan fingerprint density at radius 1 is 1.35 bits per heavy atom. The van der Waals surface area contributed by atoms with E-state index in [0.717, 1.165) is 20.4 Å². The second-order valence-corrected chi connectivity index (χ2v) is 5.92. The lowest BCUT2D eigenvalue weighted by Crippen LogP contribution is -2.11. The zero-order chi connectivity index (χ0) is 16.8. The number of methoxy groups -OCH3 is 1. The summed E-state index contributed by atoms with van der Waals surface area (Å²) in [6, 6.07) is 11.5. The van der Waals surface area contributed by atoms with Crippen LogP contribution in [0.1, 0.15) is 11.1 Å². The lowest BCUT2D eigenvalue weighted by atomic mass is 10.2. The Morgan fingerprint density at radius 2 is 2.09 bits per heavy atom. The normalized spacial score (nSPS) is 10.7. The highest BCUT2D eigenvalue weighted by atomic mass is 127. The molecular formula is C17H16INO4. The molecule has 0 amide bonds. The van der Waals surface area contributed by atoms with Crippen LogP contribution in [0.4, 0.5) is 5.69 Å². The summed E-state index contributed by atoms with van der Waals surface area (Å²) in [5.74, 6) is -0.138. The van der Waals surface area contributed by atoms with Gasteiger partial charge in [-0.3, -0.25) is 4.99 Å². The van der Waals surface area contributed by atoms with E-state index in [4.69, 9.17) is 14.6 Å². The quantitative estimate of drug-likeness (QED) is 0.565. The van der Waals surface area contributed by atoms with Crippen molar-refractivity contribution < 1.29 is 19.4 Å². The highest BCUT2D eigenvalue weighted by Crippen LogP contribution is 2.33. The third-order valence-corrected chi connectivity index (χ3v) is 3.86. The van der Waals surface area contributed by atoms with Crippen molar-refractivity contribution in [1.29, 1.82) is 0 Å². The molecule has 0 aliphatic heterocycles. The van der Waals surface area contributed by atoms with Gasteiger partial charge in [-0.1, -0.05) is 18.2 Å². The third kappa shape index (κ3) is 4.69. The largest absolute Gasteiger partial charge is 0.493 e. The summed E-state index contributed by atoms with van der Waals surface area (Å²) in [6.07, 6.45) is 1.74. The number of benzene rings is 2. The molecular weight excluding hydrogens is 409 g/mol. The molecule has 0 saturated carbocycles. The molecule has 23 heavy (non-hydrogen) atoms. The molecule has 0 spiro atoms. The van der Waals surface area contributed by atoms with Gasteiger partial charge in [-0.05, 0) is 58.8 Å². The van der Waals surface area contributed by atoms with Gasteiger partial charge < -0.3 is 14.6 Å². The van der Waals surface area contributed by atoms with Gasteiger partial charge in [0.15, 0.2) is 18.1 Å². The van der Waals surface area contributed by atoms with Crippen molar-refractivity contribution in [3.63, 3.8) is 0 Å². The Kier molecular flexibility index (Phi) is 5.97. The van der Waals surface area contributed by atoms with E-state index in [9.17, 15) is 4.79 Å². The van der Waals surface area contributed by atoms with E-state index >= 15 is 0 Å². The molecule has 0 atom stereocenters. The van der Waals surface area contributed by atoms with Crippen molar-refractivity contribution in [2.24, 2.45) is 4.99 Å². The number of ether oxygens (including phenoxy) is 2. The zero-order valence-corrected chi connectivity index (χ0v) is 14.9. The van der Waals surface area contributed by atoms with E-state index in [1.54, 1.807) is 12.3 Å². The maximum Gasteiger partial charge on any atom is 0.341 e. The monoisotopic (exact) mass is 425 g/mol. The minimum Gasteiger partial charge on any atom is -0.493 e. The van der Waals surface area contributed by atoms with Crippen LogP contribution in [0.3, 0.4) is 0 Å². The number of para-hydroxylation sites is 1. The van der Waals surface area contributed by atoms with Crippen LogP contribution in [0.2, 0.25) is 0 Å². The summed E-state index contributed by atoms with van der Waals surface area (Å²) in [6.45, 7) is 1.59. The van der Waals surface area contributed by atoms with Gasteiger partial charge >= 0.3 is 5.97 Å². The number of hydrogen-bond donors (Lipinski definition) is 1. The first kappa shape index (κ1) is 17.3. The first-order valence-electron chi connectivity index (χ1n) is 6.83. The van der Waals surface area contributed by atoms with Crippen molar-refractivity contribution >= 4 is 40.5 Å². The smallest absolute Gasteiger partial charge is 0.341 e. The Hall–Kier alpha value is -2.09. The van der Waals surface area contributed by atoms with E-state index in [0.29, 0.717) is 11.5 Å². The molecule has 0 bridgehead atoms. The third-order valence-electron chi connectivity index (χ3n) is 3.06. The lowest BCUT2D eigenvalue weighted by Gasteiger charge is -2.12. The molecule has 1 N–H and O–H groups in total. The van der Waals surface area contributed by atoms with E-state index in [1.165, 1.54) is 7.11 Å². The fourth-order valence-corrected chi connectivity index (χ4v) is 2.72. The number of hydrogen-bond acceptors (Lipinski definition) is 4. The van der Waals surface area contributed by atoms with Crippen LogP contribution in [-0.2, 0) is 4.79 Å². The fraction of sp³-hybridized carbons (Fsp3) is 0.176. The number of rotatable bonds is 6. The first-order valence-corrected chi connectivity index (χ1v) is 7.91. The SMILES string of the molecule is COc1cc(C=Nc2ccccc2C)cc(I)c1OCC(=O)O. The summed E-state index contributed by atoms with van der Waals surface area (Å²) >= 11 is 2.08. The number of aryl methyl sites for hydroxylation is 1. The van der Waals surface area contributed by atoms with Crippen LogP contribution in [-0.4, -0.2) is 31.0 Å². The average Bonchev–Trinajstić information content (AvgIpc) is 2.52. The van der Waals surface area contributed by atoms with E-state index in [2.05, 4.69) is 27.6 Å². The van der Waals surface area contributed by atoms with Gasteiger partial charge in [0.1, 0.15) is 0 Å². The van der Waals surface area contributed by atoms with Crippen LogP contribution in [0.5, 0.6) is 11.5 Å². The van der Waals surface area contributed by atoms with E-state index in [1.807, 2.05) is 37.3 Å². The molecule has 0 aliphatic rings. The van der Waals surface area contributed by atoms with Crippen molar-refractivity contribution in [3.05, 3.63) is 51.1 Å². The van der Waals surface area contributed by atoms with E-state index < -0.39 is 12.6 Å². The van der Waals surface area contributed by atoms with Crippen LogP contribution in [0.15, 0.2) is 41.4 Å². The highest BCUT2D eigenvalue weighted by molar-refractivity contribution is 14.1. The van der Waals surface area contributed by atoms with Crippen molar-refractivity contribution in [3.8, 4) is 11.5 Å². The first-order chi connectivity index (χ1) is 11.0. The van der Waals surface area contributed by atoms with E-state index in [-0.39, 0.29) is 0 Å². The van der Waals surface area contributed by atoms with Crippen LogP contribution >= 0.6 is 22.6 Å². The molecule has 0 fully saturated rings. The van der Waals surface area contributed by atoms with Gasteiger partial charge in [0.2, 0.25) is 0 Å². The standard InChI is InChI=1S/C17H16INO4/c1-11-5-3-4-6-14(11)19-9-12-7-13(18)17(15(8-12)22-2)23-10-16(20)21/h3-9H,10H2,1-2H3,(H,20,21). The molecule has 5 nitrogen and oxygen atoms in total. The van der Waals surface area contributed by atoms with Gasteiger partial charge in [-0.25, -0.2) is 4.79 Å². The topological polar surface area (TPSA) is 68.1 Å². The van der Waals surface area contributed by atoms with Crippen molar-refractivity contribution in [2.45, 2.75) is 6.92 Å². The predicted octanol–water partition coefficient (Wildman–Crippen LogP) is 3.82. The number of carbonyl (C=O) groups is 1. The number of carboxylic acid groups (broad SMARTS) is 1. The van der Waals surface area contributed by atoms with Crippen molar-refractivity contribution in [2.75, 3.05) is 13.7 Å². The van der Waals surface area contributed by atoms with Crippen LogP contribution in [0, 0.1) is 10.5 Å². The Morgan fingerprint density at radius 3 is 2.74 bits per heavy atom. The lowest BCUT2D eigenvalue weighted by molar-refractivity contribution is -0.139. The van der Waals surface area contributed by atoms with Gasteiger partial charge in [0.25, 0.3) is 0 Å². The Bertz CT molecular complexity index is 743.